The number of rotatable bonds is 47. The standard InChI is InChI=1S/C95H122N2O14.C7H14.2C2H6/c1-15-21-65-94(72-43-51-76(104-14)52-44-72,89-92(12,19-5)82(110-96-89)63-37-67(7)29-17-3)73-45-57-80(58-46-73)108-87(102)35-27-25-33-85(100)105-77-53-39-70(40-54-77)91(10,11)71-41-55-78(56-42-71)106-86(101)34-26-28-36-88(103)109-81-61-49-75(50-62-81)95(66-22-16-2,90-93(13,20-6)83(111-97-90)64-38-68(8)30-18-4)74-47-59-79(60-48-74)107-84(99)32-24-23-31-69(9)98;1-4-6-7(3)5-2;2*1-2/h29-30,39-62,82-83H,15-28,31-38,63-66H2,1-14H3;6H,4-5H2,1-3H3;2*1-2H3/b67-29-,68-30-;7-6-;;. The third-order valence-corrected chi connectivity index (χ3v) is 24.1. The van der Waals surface area contributed by atoms with Crippen LogP contribution >= 0.6 is 0 Å². The minimum absolute atomic E-state index is 0.0836. The molecular formula is C106H148N2O14. The highest BCUT2D eigenvalue weighted by molar-refractivity contribution is 6.04. The van der Waals surface area contributed by atoms with Crippen LogP contribution in [0.5, 0.6) is 34.5 Å². The SMILES string of the molecule is CC.CC.CC/C=C(/C)CC.CC/C=C(/C)CCC1ON=C(C(CCCC)(c2ccc(OC)cc2)c2ccc(OC(=O)CCCCC(=O)Oc3ccc(C(C)(C)c4ccc(OC(=O)CCCCC(=O)Oc5ccc(C(CCCC)(C6=NOC(CC/C(C)=C\CC)C6(C)CC)c6ccc(OC(=O)CCCCC(C)=O)cc6)cc5)cc4)cc3)cc2)C1(C)CC. The molecule has 0 aliphatic carbocycles. The molecule has 2 aliphatic rings. The number of benzene rings is 6. The van der Waals surface area contributed by atoms with Gasteiger partial charge in [0.05, 0.1) is 29.4 Å². The van der Waals surface area contributed by atoms with Crippen LogP contribution in [-0.4, -0.2) is 66.4 Å². The van der Waals surface area contributed by atoms with Gasteiger partial charge in [-0.3, -0.25) is 24.0 Å². The average molecular weight is 1670 g/mol. The van der Waals surface area contributed by atoms with Crippen molar-refractivity contribution in [3.63, 3.8) is 0 Å². The Balaban J connectivity index is 0.00000227. The normalized spacial score (nSPS) is 17.3. The zero-order valence-electron chi connectivity index (χ0n) is 78.2. The summed E-state index contributed by atoms with van der Waals surface area (Å²) in [4.78, 5) is 90.1. The summed E-state index contributed by atoms with van der Waals surface area (Å²) in [5.41, 5.74) is 9.59. The number of hydrogen-bond acceptors (Lipinski definition) is 16. The molecule has 0 fully saturated rings. The highest BCUT2D eigenvalue weighted by Crippen LogP contribution is 2.54. The van der Waals surface area contributed by atoms with Crippen LogP contribution in [0.1, 0.15) is 352 Å². The van der Waals surface area contributed by atoms with E-state index in [1.54, 1.807) is 38.3 Å². The molecule has 0 amide bonds. The lowest BCUT2D eigenvalue weighted by Gasteiger charge is -2.42. The van der Waals surface area contributed by atoms with E-state index < -0.39 is 39.6 Å². The number of carbonyl (C=O) groups excluding carboxylic acids is 6. The van der Waals surface area contributed by atoms with Crippen molar-refractivity contribution in [2.45, 2.75) is 347 Å². The zero-order chi connectivity index (χ0) is 89.9. The van der Waals surface area contributed by atoms with E-state index in [1.165, 1.54) is 29.6 Å². The van der Waals surface area contributed by atoms with Crippen LogP contribution in [0.3, 0.4) is 0 Å². The monoisotopic (exact) mass is 1670 g/mol. The van der Waals surface area contributed by atoms with Crippen molar-refractivity contribution in [1.82, 2.24) is 0 Å². The van der Waals surface area contributed by atoms with Gasteiger partial charge in [-0.2, -0.15) is 0 Å². The van der Waals surface area contributed by atoms with Gasteiger partial charge in [0.25, 0.3) is 0 Å². The van der Waals surface area contributed by atoms with E-state index in [0.717, 1.165) is 140 Å². The highest BCUT2D eigenvalue weighted by Gasteiger charge is 2.56. The number of allylic oxidation sites excluding steroid dienone is 6. The highest BCUT2D eigenvalue weighted by atomic mass is 16.7. The number of ketones is 1. The second kappa shape index (κ2) is 52.7. The molecule has 0 saturated carbocycles. The lowest BCUT2D eigenvalue weighted by atomic mass is 9.59. The average Bonchev–Trinajstić information content (AvgIpc) is 0.841. The third-order valence-electron chi connectivity index (χ3n) is 24.1. The summed E-state index contributed by atoms with van der Waals surface area (Å²) >= 11 is 0. The van der Waals surface area contributed by atoms with Crippen molar-refractivity contribution in [3.05, 3.63) is 214 Å². The van der Waals surface area contributed by atoms with Crippen molar-refractivity contribution in [1.29, 1.82) is 0 Å². The Bertz CT molecular complexity index is 4340. The Hall–Kier alpha value is -9.70. The molecule has 6 aromatic rings. The van der Waals surface area contributed by atoms with Gasteiger partial charge in [0.1, 0.15) is 52.5 Å². The molecule has 2 aliphatic heterocycles. The van der Waals surface area contributed by atoms with Crippen LogP contribution in [0.2, 0.25) is 0 Å². The quantitative estimate of drug-likeness (QED) is 0.0151. The number of esters is 5. The number of oxime groups is 2. The van der Waals surface area contributed by atoms with Gasteiger partial charge >= 0.3 is 29.8 Å². The maximum atomic E-state index is 13.4. The molecule has 2 heterocycles. The van der Waals surface area contributed by atoms with E-state index in [0.29, 0.717) is 73.7 Å². The van der Waals surface area contributed by atoms with Crippen LogP contribution in [0.25, 0.3) is 0 Å². The summed E-state index contributed by atoms with van der Waals surface area (Å²) in [5, 5.41) is 10.1. The van der Waals surface area contributed by atoms with Gasteiger partial charge in [0.2, 0.25) is 0 Å². The number of unbranched alkanes of at least 4 members (excludes halogenated alkanes) is 5. The Kier molecular flexibility index (Phi) is 44.4. The van der Waals surface area contributed by atoms with Crippen molar-refractivity contribution < 1.29 is 66.9 Å². The minimum Gasteiger partial charge on any atom is -0.497 e. The van der Waals surface area contributed by atoms with Gasteiger partial charge in [-0.15, -0.1) is 0 Å². The van der Waals surface area contributed by atoms with Crippen LogP contribution in [0.15, 0.2) is 191 Å². The van der Waals surface area contributed by atoms with Crippen molar-refractivity contribution in [2.24, 2.45) is 21.1 Å². The topological polar surface area (TPSA) is 201 Å². The fourth-order valence-electron chi connectivity index (χ4n) is 16.3. The van der Waals surface area contributed by atoms with Gasteiger partial charge in [0, 0.05) is 54.8 Å². The number of carbonyl (C=O) groups is 6. The molecule has 0 N–H and O–H groups in total. The Labute approximate surface area is 733 Å². The molecule has 0 saturated heterocycles. The maximum absolute atomic E-state index is 13.4. The first-order valence-electron chi connectivity index (χ1n) is 45.8. The molecule has 8 rings (SSSR count). The van der Waals surface area contributed by atoms with E-state index in [2.05, 4.69) is 146 Å². The van der Waals surface area contributed by atoms with Crippen LogP contribution in [0, 0.1) is 10.8 Å². The summed E-state index contributed by atoms with van der Waals surface area (Å²) < 4.78 is 34.7. The molecular weight excluding hydrogens is 1530 g/mol. The molecule has 6 atom stereocenters. The van der Waals surface area contributed by atoms with Crippen molar-refractivity contribution >= 4 is 47.1 Å². The van der Waals surface area contributed by atoms with Crippen molar-refractivity contribution in [2.75, 3.05) is 7.11 Å². The molecule has 0 aromatic heterocycles. The first kappa shape index (κ1) is 103. The molecule has 16 nitrogen and oxygen atoms in total. The van der Waals surface area contributed by atoms with Gasteiger partial charge < -0.3 is 42.9 Å². The number of Topliss-reactive ketones (excluding diaryl/α,β-unsaturated/α-hetero) is 1. The summed E-state index contributed by atoms with van der Waals surface area (Å²) in [6, 6.07) is 46.4. The Morgan fingerprint density at radius 3 is 0.844 bits per heavy atom. The number of nitrogens with zero attached hydrogens (tertiary/aromatic N) is 2. The summed E-state index contributed by atoms with van der Waals surface area (Å²) in [6.07, 6.45) is 25.4. The third kappa shape index (κ3) is 29.2. The molecule has 6 aromatic carbocycles. The maximum Gasteiger partial charge on any atom is 0.311 e. The predicted octanol–water partition coefficient (Wildman–Crippen LogP) is 27.6. The minimum atomic E-state index is -0.751. The first-order chi connectivity index (χ1) is 58.7. The smallest absolute Gasteiger partial charge is 0.311 e. The van der Waals surface area contributed by atoms with Crippen molar-refractivity contribution in [3.8, 4) is 34.5 Å². The van der Waals surface area contributed by atoms with Gasteiger partial charge in [-0.25, -0.2) is 0 Å². The van der Waals surface area contributed by atoms with Gasteiger partial charge in [-0.05, 0) is 249 Å². The summed E-state index contributed by atoms with van der Waals surface area (Å²) in [5.74, 6) is 1.04. The van der Waals surface area contributed by atoms with E-state index in [4.69, 9.17) is 48.4 Å². The number of ether oxygens (including phenoxy) is 6. The Morgan fingerprint density at radius 1 is 0.361 bits per heavy atom. The van der Waals surface area contributed by atoms with E-state index >= 15 is 0 Å². The van der Waals surface area contributed by atoms with Gasteiger partial charge in [-0.1, -0.05) is 255 Å². The number of hydrogen-bond donors (Lipinski definition) is 0. The molecule has 666 valence electrons. The molecule has 0 spiro atoms. The molecule has 6 unspecified atom stereocenters. The summed E-state index contributed by atoms with van der Waals surface area (Å²) in [6.45, 7) is 42.3. The lowest BCUT2D eigenvalue weighted by molar-refractivity contribution is -0.136. The fourth-order valence-corrected chi connectivity index (χ4v) is 16.3. The Morgan fingerprint density at radius 2 is 0.615 bits per heavy atom. The molecule has 122 heavy (non-hydrogen) atoms. The van der Waals surface area contributed by atoms with Gasteiger partial charge in [0.15, 0.2) is 0 Å². The largest absolute Gasteiger partial charge is 0.497 e. The summed E-state index contributed by atoms with van der Waals surface area (Å²) in [7, 11) is 1.68. The van der Waals surface area contributed by atoms with E-state index in [9.17, 15) is 28.8 Å². The molecule has 0 radical (unpaired) electrons. The second-order valence-corrected chi connectivity index (χ2v) is 33.1. The zero-order valence-corrected chi connectivity index (χ0v) is 78.2. The van der Waals surface area contributed by atoms with E-state index in [-0.39, 0.29) is 67.4 Å². The molecule has 0 bridgehead atoms. The van der Waals surface area contributed by atoms with Crippen LogP contribution in [-0.2, 0) is 54.7 Å². The predicted molar refractivity (Wildman–Crippen MR) is 497 cm³/mol. The number of methoxy groups -OCH3 is 1. The second-order valence-electron chi connectivity index (χ2n) is 33.1. The fraction of sp³-hybridized carbons (Fsp3) is 0.528. The molecule has 16 heteroatoms. The van der Waals surface area contributed by atoms with E-state index in [1.807, 2.05) is 125 Å². The van der Waals surface area contributed by atoms with Crippen LogP contribution in [0.4, 0.5) is 0 Å². The van der Waals surface area contributed by atoms with Crippen LogP contribution < -0.4 is 28.4 Å². The lowest BCUT2D eigenvalue weighted by Crippen LogP contribution is -2.48. The first-order valence-corrected chi connectivity index (χ1v) is 45.8.